The SMILES string of the molecule is c1ccc(-c2ccc(OC3CN4CCC3CC4)cn2)cc1. The van der Waals surface area contributed by atoms with Crippen LogP contribution in [0.1, 0.15) is 12.8 Å². The predicted molar refractivity (Wildman–Crippen MR) is 83.3 cm³/mol. The lowest BCUT2D eigenvalue weighted by molar-refractivity contribution is -0.00791. The summed E-state index contributed by atoms with van der Waals surface area (Å²) >= 11 is 0. The lowest BCUT2D eigenvalue weighted by Crippen LogP contribution is -2.52. The van der Waals surface area contributed by atoms with E-state index in [0.717, 1.165) is 29.5 Å². The molecule has 1 atom stereocenters. The first-order valence-electron chi connectivity index (χ1n) is 7.79. The zero-order valence-corrected chi connectivity index (χ0v) is 12.1. The number of piperidine rings is 3. The molecule has 0 N–H and O–H groups in total. The molecule has 1 aromatic heterocycles. The minimum absolute atomic E-state index is 0.344. The molecular weight excluding hydrogens is 260 g/mol. The number of ether oxygens (including phenoxy) is 1. The number of fused-ring (bicyclic) bond motifs is 3. The molecule has 1 unspecified atom stereocenters. The van der Waals surface area contributed by atoms with Crippen molar-refractivity contribution < 1.29 is 4.74 Å². The van der Waals surface area contributed by atoms with Crippen molar-refractivity contribution >= 4 is 0 Å². The Labute approximate surface area is 125 Å². The van der Waals surface area contributed by atoms with Gasteiger partial charge in [0.1, 0.15) is 11.9 Å². The van der Waals surface area contributed by atoms with Gasteiger partial charge in [-0.25, -0.2) is 0 Å². The molecule has 3 aliphatic rings. The van der Waals surface area contributed by atoms with Gasteiger partial charge in [0.05, 0.1) is 11.9 Å². The van der Waals surface area contributed by atoms with Crippen molar-refractivity contribution in [3.8, 4) is 17.0 Å². The molecule has 108 valence electrons. The molecule has 5 rings (SSSR count). The smallest absolute Gasteiger partial charge is 0.138 e. The van der Waals surface area contributed by atoms with E-state index in [9.17, 15) is 0 Å². The molecule has 3 saturated heterocycles. The number of rotatable bonds is 3. The van der Waals surface area contributed by atoms with Gasteiger partial charge >= 0.3 is 0 Å². The number of hydrogen-bond donors (Lipinski definition) is 0. The standard InChI is InChI=1S/C18H20N2O/c1-2-4-14(5-3-1)17-7-6-16(12-19-17)21-18-13-20-10-8-15(18)9-11-20/h1-7,12,15,18H,8-11,13H2. The maximum atomic E-state index is 6.18. The fourth-order valence-corrected chi connectivity index (χ4v) is 3.45. The van der Waals surface area contributed by atoms with Crippen LogP contribution in [0.2, 0.25) is 0 Å². The zero-order valence-electron chi connectivity index (χ0n) is 12.1. The van der Waals surface area contributed by atoms with Crippen LogP contribution in [0.25, 0.3) is 11.3 Å². The highest BCUT2D eigenvalue weighted by atomic mass is 16.5. The molecule has 3 heteroatoms. The van der Waals surface area contributed by atoms with Gasteiger partial charge in [0.25, 0.3) is 0 Å². The van der Waals surface area contributed by atoms with E-state index in [4.69, 9.17) is 4.74 Å². The number of aromatic nitrogens is 1. The maximum Gasteiger partial charge on any atom is 0.138 e. The second kappa shape index (κ2) is 5.49. The number of pyridine rings is 1. The first-order chi connectivity index (χ1) is 10.4. The van der Waals surface area contributed by atoms with Gasteiger partial charge in [-0.05, 0) is 44.0 Å². The van der Waals surface area contributed by atoms with E-state index >= 15 is 0 Å². The minimum atomic E-state index is 0.344. The monoisotopic (exact) mass is 280 g/mol. The Morgan fingerprint density at radius 2 is 1.81 bits per heavy atom. The molecule has 3 nitrogen and oxygen atoms in total. The summed E-state index contributed by atoms with van der Waals surface area (Å²) in [5.74, 6) is 1.62. The van der Waals surface area contributed by atoms with E-state index in [2.05, 4.69) is 22.0 Å². The quantitative estimate of drug-likeness (QED) is 0.863. The lowest BCUT2D eigenvalue weighted by Gasteiger charge is -2.44. The van der Waals surface area contributed by atoms with E-state index in [1.54, 1.807) is 0 Å². The Balaban J connectivity index is 1.47. The van der Waals surface area contributed by atoms with Gasteiger partial charge in [-0.1, -0.05) is 30.3 Å². The summed E-state index contributed by atoms with van der Waals surface area (Å²) in [6, 6.07) is 14.4. The van der Waals surface area contributed by atoms with Crippen LogP contribution in [0.5, 0.6) is 5.75 Å². The molecule has 3 fully saturated rings. The largest absolute Gasteiger partial charge is 0.487 e. The first kappa shape index (κ1) is 12.8. The van der Waals surface area contributed by atoms with Gasteiger partial charge < -0.3 is 4.74 Å². The van der Waals surface area contributed by atoms with Crippen molar-refractivity contribution in [1.29, 1.82) is 0 Å². The molecule has 3 aliphatic heterocycles. The average molecular weight is 280 g/mol. The van der Waals surface area contributed by atoms with Gasteiger partial charge in [-0.15, -0.1) is 0 Å². The van der Waals surface area contributed by atoms with Gasteiger partial charge in [0, 0.05) is 12.1 Å². The molecule has 0 saturated carbocycles. The van der Waals surface area contributed by atoms with Gasteiger partial charge in [-0.2, -0.15) is 0 Å². The summed E-state index contributed by atoms with van der Waals surface area (Å²) < 4.78 is 6.18. The van der Waals surface area contributed by atoms with Crippen molar-refractivity contribution in [1.82, 2.24) is 9.88 Å². The molecule has 21 heavy (non-hydrogen) atoms. The highest BCUT2D eigenvalue weighted by Gasteiger charge is 2.35. The minimum Gasteiger partial charge on any atom is -0.487 e. The number of benzene rings is 1. The van der Waals surface area contributed by atoms with Crippen molar-refractivity contribution in [2.24, 2.45) is 5.92 Å². The molecule has 2 bridgehead atoms. The summed E-state index contributed by atoms with van der Waals surface area (Å²) in [5, 5.41) is 0. The fourth-order valence-electron chi connectivity index (χ4n) is 3.45. The molecule has 1 aromatic carbocycles. The highest BCUT2D eigenvalue weighted by molar-refractivity contribution is 5.59. The normalized spacial score (nSPS) is 27.5. The van der Waals surface area contributed by atoms with Crippen LogP contribution >= 0.6 is 0 Å². The molecule has 4 heterocycles. The highest BCUT2D eigenvalue weighted by Crippen LogP contribution is 2.30. The molecule has 0 amide bonds. The van der Waals surface area contributed by atoms with Crippen molar-refractivity contribution in [3.05, 3.63) is 48.7 Å². The predicted octanol–water partition coefficient (Wildman–Crippen LogP) is 3.22. The van der Waals surface area contributed by atoms with Crippen LogP contribution in [0.4, 0.5) is 0 Å². The number of hydrogen-bond acceptors (Lipinski definition) is 3. The van der Waals surface area contributed by atoms with Gasteiger partial charge in [-0.3, -0.25) is 9.88 Å². The van der Waals surface area contributed by atoms with E-state index in [1.807, 2.05) is 36.5 Å². The molecule has 0 aliphatic carbocycles. The van der Waals surface area contributed by atoms with Crippen molar-refractivity contribution in [2.75, 3.05) is 19.6 Å². The van der Waals surface area contributed by atoms with Crippen LogP contribution in [-0.4, -0.2) is 35.6 Å². The summed E-state index contributed by atoms with van der Waals surface area (Å²) in [6.07, 6.45) is 4.76. The van der Waals surface area contributed by atoms with Crippen molar-refractivity contribution in [2.45, 2.75) is 18.9 Å². The summed E-state index contributed by atoms with van der Waals surface area (Å²) in [5.41, 5.74) is 2.14. The van der Waals surface area contributed by atoms with E-state index in [-0.39, 0.29) is 0 Å². The van der Waals surface area contributed by atoms with Crippen LogP contribution in [-0.2, 0) is 0 Å². The first-order valence-corrected chi connectivity index (χ1v) is 7.79. The second-order valence-electron chi connectivity index (χ2n) is 6.04. The number of nitrogens with zero attached hydrogens (tertiary/aromatic N) is 2. The van der Waals surface area contributed by atoms with Gasteiger partial charge in [0.2, 0.25) is 0 Å². The van der Waals surface area contributed by atoms with Crippen LogP contribution in [0, 0.1) is 5.92 Å². The van der Waals surface area contributed by atoms with Gasteiger partial charge in [0.15, 0.2) is 0 Å². The third-order valence-corrected chi connectivity index (χ3v) is 4.69. The van der Waals surface area contributed by atoms with E-state index in [1.165, 1.54) is 25.9 Å². The Bertz CT molecular complexity index is 588. The van der Waals surface area contributed by atoms with E-state index in [0.29, 0.717) is 6.10 Å². The second-order valence-corrected chi connectivity index (χ2v) is 6.04. The molecular formula is C18H20N2O. The van der Waals surface area contributed by atoms with E-state index < -0.39 is 0 Å². The van der Waals surface area contributed by atoms with Crippen LogP contribution in [0.3, 0.4) is 0 Å². The van der Waals surface area contributed by atoms with Crippen LogP contribution in [0.15, 0.2) is 48.7 Å². The zero-order chi connectivity index (χ0) is 14.1. The summed E-state index contributed by atoms with van der Waals surface area (Å²) in [7, 11) is 0. The Morgan fingerprint density at radius 1 is 1.00 bits per heavy atom. The topological polar surface area (TPSA) is 25.4 Å². The average Bonchev–Trinajstić information content (AvgIpc) is 2.57. The third-order valence-electron chi connectivity index (χ3n) is 4.69. The molecule has 0 radical (unpaired) electrons. The Kier molecular flexibility index (Phi) is 3.36. The maximum absolute atomic E-state index is 6.18. The summed E-state index contributed by atoms with van der Waals surface area (Å²) in [6.45, 7) is 3.57. The Morgan fingerprint density at radius 3 is 2.43 bits per heavy atom. The fraction of sp³-hybridized carbons (Fsp3) is 0.389. The molecule has 2 aromatic rings. The lowest BCUT2D eigenvalue weighted by atomic mass is 9.86. The third kappa shape index (κ3) is 2.66. The molecule has 0 spiro atoms. The van der Waals surface area contributed by atoms with Crippen LogP contribution < -0.4 is 4.74 Å². The summed E-state index contributed by atoms with van der Waals surface area (Å²) in [4.78, 5) is 7.05. The van der Waals surface area contributed by atoms with Crippen molar-refractivity contribution in [3.63, 3.8) is 0 Å². The Hall–Kier alpha value is -1.87.